The summed E-state index contributed by atoms with van der Waals surface area (Å²) in [7, 11) is 1.80. The number of halogens is 2. The van der Waals surface area contributed by atoms with Gasteiger partial charge in [-0.1, -0.05) is 18.2 Å². The van der Waals surface area contributed by atoms with Gasteiger partial charge in [-0.15, -0.1) is 0 Å². The molecule has 4 heterocycles. The number of imidazole rings is 1. The Bertz CT molecular complexity index is 1200. The van der Waals surface area contributed by atoms with Crippen LogP contribution in [-0.4, -0.2) is 42.6 Å². The molecule has 0 bridgehead atoms. The summed E-state index contributed by atoms with van der Waals surface area (Å²) in [6, 6.07) is 8.04. The highest BCUT2D eigenvalue weighted by atomic mass is 19.3. The molecule has 1 spiro atoms. The first-order valence-corrected chi connectivity index (χ1v) is 9.88. The molecule has 0 unspecified atom stereocenters. The molecular weight excluding hydrogens is 406 g/mol. The number of rotatable bonds is 3. The molecule has 0 aliphatic carbocycles. The van der Waals surface area contributed by atoms with Crippen LogP contribution in [0.25, 0.3) is 0 Å². The molecule has 1 fully saturated rings. The van der Waals surface area contributed by atoms with Crippen molar-refractivity contribution in [2.45, 2.75) is 31.4 Å². The van der Waals surface area contributed by atoms with Gasteiger partial charge in [0.1, 0.15) is 17.3 Å². The molecule has 5 rings (SSSR count). The van der Waals surface area contributed by atoms with Gasteiger partial charge in [-0.25, -0.2) is 9.67 Å². The SMILES string of the molecule is Cc1cc(C(=O)N2CC[C@]3(C(=O)Nc4ccccc43)[C@@H]2c2nccn2C)nn1C(F)F. The number of carbonyl (C=O) groups is 2. The van der Waals surface area contributed by atoms with Crippen LogP contribution in [0.5, 0.6) is 0 Å². The Hall–Kier alpha value is -3.56. The second-order valence-corrected chi connectivity index (χ2v) is 7.91. The van der Waals surface area contributed by atoms with Crippen molar-refractivity contribution in [2.75, 3.05) is 11.9 Å². The predicted molar refractivity (Wildman–Crippen MR) is 107 cm³/mol. The van der Waals surface area contributed by atoms with Crippen molar-refractivity contribution in [3.8, 4) is 0 Å². The molecule has 8 nitrogen and oxygen atoms in total. The Kier molecular flexibility index (Phi) is 4.21. The van der Waals surface area contributed by atoms with Crippen molar-refractivity contribution in [3.63, 3.8) is 0 Å². The first-order valence-electron chi connectivity index (χ1n) is 9.88. The number of alkyl halides is 2. The van der Waals surface area contributed by atoms with Crippen molar-refractivity contribution in [3.05, 3.63) is 65.5 Å². The van der Waals surface area contributed by atoms with Crippen molar-refractivity contribution in [1.29, 1.82) is 0 Å². The number of hydrogen-bond donors (Lipinski definition) is 1. The number of amides is 2. The van der Waals surface area contributed by atoms with Gasteiger partial charge in [0.2, 0.25) is 5.91 Å². The highest BCUT2D eigenvalue weighted by molar-refractivity contribution is 6.08. The van der Waals surface area contributed by atoms with Crippen LogP contribution in [0.3, 0.4) is 0 Å². The minimum Gasteiger partial charge on any atom is -0.336 e. The summed E-state index contributed by atoms with van der Waals surface area (Å²) in [5.41, 5.74) is 0.591. The van der Waals surface area contributed by atoms with E-state index in [1.54, 1.807) is 24.0 Å². The van der Waals surface area contributed by atoms with Crippen LogP contribution in [0, 0.1) is 6.92 Å². The Labute approximate surface area is 176 Å². The maximum Gasteiger partial charge on any atom is 0.333 e. The van der Waals surface area contributed by atoms with E-state index in [9.17, 15) is 18.4 Å². The highest BCUT2D eigenvalue weighted by Gasteiger charge is 2.60. The molecule has 2 atom stereocenters. The third-order valence-corrected chi connectivity index (χ3v) is 6.28. The second kappa shape index (κ2) is 6.73. The van der Waals surface area contributed by atoms with Gasteiger partial charge in [-0.3, -0.25) is 9.59 Å². The first kappa shape index (κ1) is 19.4. The van der Waals surface area contributed by atoms with Crippen LogP contribution in [0.2, 0.25) is 0 Å². The fourth-order valence-electron chi connectivity index (χ4n) is 4.84. The van der Waals surface area contributed by atoms with Crippen molar-refractivity contribution in [2.24, 2.45) is 7.05 Å². The molecule has 1 saturated heterocycles. The molecule has 2 aliphatic heterocycles. The Balaban J connectivity index is 1.64. The lowest BCUT2D eigenvalue weighted by Crippen LogP contribution is -2.43. The molecule has 1 N–H and O–H groups in total. The Morgan fingerprint density at radius 1 is 1.32 bits per heavy atom. The van der Waals surface area contributed by atoms with E-state index in [0.29, 0.717) is 22.6 Å². The summed E-state index contributed by atoms with van der Waals surface area (Å²) in [5.74, 6) is -0.168. The fraction of sp³-hybridized carbons (Fsp3) is 0.333. The fourth-order valence-corrected chi connectivity index (χ4v) is 4.84. The van der Waals surface area contributed by atoms with Crippen LogP contribution in [0.15, 0.2) is 42.7 Å². The third-order valence-electron chi connectivity index (χ3n) is 6.28. The number of nitrogens with one attached hydrogen (secondary N) is 1. The maximum atomic E-state index is 13.4. The average molecular weight is 426 g/mol. The number of hydrogen-bond acceptors (Lipinski definition) is 4. The average Bonchev–Trinajstić information content (AvgIpc) is 3.48. The van der Waals surface area contributed by atoms with Crippen molar-refractivity contribution < 1.29 is 18.4 Å². The van der Waals surface area contributed by atoms with E-state index in [4.69, 9.17) is 0 Å². The number of anilines is 1. The molecule has 1 aromatic carbocycles. The number of fused-ring (bicyclic) bond motifs is 2. The molecule has 3 aromatic rings. The molecule has 31 heavy (non-hydrogen) atoms. The number of carbonyl (C=O) groups excluding carboxylic acids is 2. The molecule has 2 amide bonds. The second-order valence-electron chi connectivity index (χ2n) is 7.91. The zero-order valence-electron chi connectivity index (χ0n) is 16.9. The van der Waals surface area contributed by atoms with E-state index < -0.39 is 23.9 Å². The number of benzene rings is 1. The van der Waals surface area contributed by atoms with Gasteiger partial charge >= 0.3 is 6.55 Å². The van der Waals surface area contributed by atoms with E-state index in [2.05, 4.69) is 15.4 Å². The Morgan fingerprint density at radius 3 is 2.77 bits per heavy atom. The molecule has 2 aromatic heterocycles. The molecule has 160 valence electrons. The topological polar surface area (TPSA) is 85.1 Å². The number of para-hydroxylation sites is 1. The highest BCUT2D eigenvalue weighted by Crippen LogP contribution is 2.54. The van der Waals surface area contributed by atoms with Crippen LogP contribution in [0.4, 0.5) is 14.5 Å². The predicted octanol–water partition coefficient (Wildman–Crippen LogP) is 2.80. The number of aromatic nitrogens is 4. The maximum absolute atomic E-state index is 13.4. The summed E-state index contributed by atoms with van der Waals surface area (Å²) in [6.07, 6.45) is 3.74. The van der Waals surface area contributed by atoms with Crippen LogP contribution in [-0.2, 0) is 17.3 Å². The molecule has 0 radical (unpaired) electrons. The largest absolute Gasteiger partial charge is 0.336 e. The standard InChI is InChI=1S/C21H20F2N6O2/c1-12-11-15(26-29(12)20(22)23)18(30)28-9-7-21(16(28)17-24-8-10-27(17)2)13-5-3-4-6-14(13)25-19(21)31/h3-6,8,10-11,16,20H,7,9H2,1-2H3,(H,25,31)/t16-,21+/m0/s1. The molecule has 2 aliphatic rings. The quantitative estimate of drug-likeness (QED) is 0.698. The summed E-state index contributed by atoms with van der Waals surface area (Å²) in [5, 5.41) is 6.75. The first-order chi connectivity index (χ1) is 14.8. The van der Waals surface area contributed by atoms with Gasteiger partial charge in [0, 0.05) is 37.4 Å². The van der Waals surface area contributed by atoms with E-state index >= 15 is 0 Å². The van der Waals surface area contributed by atoms with Gasteiger partial charge in [0.25, 0.3) is 5.91 Å². The van der Waals surface area contributed by atoms with Gasteiger partial charge in [0.05, 0.1) is 0 Å². The van der Waals surface area contributed by atoms with E-state index in [0.717, 1.165) is 5.56 Å². The van der Waals surface area contributed by atoms with Gasteiger partial charge < -0.3 is 14.8 Å². The lowest BCUT2D eigenvalue weighted by atomic mass is 9.74. The van der Waals surface area contributed by atoms with Crippen molar-refractivity contribution >= 4 is 17.5 Å². The summed E-state index contributed by atoms with van der Waals surface area (Å²) < 4.78 is 28.7. The number of nitrogens with zero attached hydrogens (tertiary/aromatic N) is 5. The number of likely N-dealkylation sites (tertiary alicyclic amines) is 1. The van der Waals surface area contributed by atoms with Crippen LogP contribution < -0.4 is 5.32 Å². The van der Waals surface area contributed by atoms with Crippen LogP contribution >= 0.6 is 0 Å². The monoisotopic (exact) mass is 426 g/mol. The Morgan fingerprint density at radius 2 is 2.10 bits per heavy atom. The smallest absolute Gasteiger partial charge is 0.333 e. The minimum absolute atomic E-state index is 0.0826. The molecule has 10 heteroatoms. The zero-order chi connectivity index (χ0) is 21.9. The minimum atomic E-state index is -2.84. The zero-order valence-corrected chi connectivity index (χ0v) is 16.9. The third kappa shape index (κ3) is 2.63. The molecule has 0 saturated carbocycles. The number of aryl methyl sites for hydroxylation is 2. The lowest BCUT2D eigenvalue weighted by molar-refractivity contribution is -0.121. The molecular formula is C21H20F2N6O2. The summed E-state index contributed by atoms with van der Waals surface area (Å²) in [6.45, 7) is -1.11. The van der Waals surface area contributed by atoms with E-state index in [1.807, 2.05) is 24.3 Å². The van der Waals surface area contributed by atoms with E-state index in [1.165, 1.54) is 17.9 Å². The van der Waals surface area contributed by atoms with Crippen molar-refractivity contribution in [1.82, 2.24) is 24.2 Å². The van der Waals surface area contributed by atoms with Crippen LogP contribution in [0.1, 0.15) is 46.6 Å². The normalized spacial score (nSPS) is 22.4. The van der Waals surface area contributed by atoms with Gasteiger partial charge in [0.15, 0.2) is 5.69 Å². The summed E-state index contributed by atoms with van der Waals surface area (Å²) >= 11 is 0. The van der Waals surface area contributed by atoms with Gasteiger partial charge in [-0.05, 0) is 31.0 Å². The van der Waals surface area contributed by atoms with Gasteiger partial charge in [-0.2, -0.15) is 13.9 Å². The lowest BCUT2D eigenvalue weighted by Gasteiger charge is -2.33. The summed E-state index contributed by atoms with van der Waals surface area (Å²) in [4.78, 5) is 32.7. The van der Waals surface area contributed by atoms with E-state index in [-0.39, 0.29) is 23.8 Å².